The number of rotatable bonds is 6. The van der Waals surface area contributed by atoms with Crippen molar-refractivity contribution in [3.8, 4) is 0 Å². The maximum absolute atomic E-state index is 4.33. The smallest absolute Gasteiger partial charge is 0.191 e. The van der Waals surface area contributed by atoms with Gasteiger partial charge in [0.1, 0.15) is 4.34 Å². The Labute approximate surface area is 136 Å². The normalized spacial score (nSPS) is 23.0. The Hall–Kier alpha value is -0.750. The third kappa shape index (κ3) is 6.26. The van der Waals surface area contributed by atoms with Gasteiger partial charge in [0.15, 0.2) is 5.96 Å². The average Bonchev–Trinajstić information content (AvgIpc) is 2.99. The molecule has 0 amide bonds. The Morgan fingerprint density at radius 1 is 1.52 bits per heavy atom. The van der Waals surface area contributed by atoms with E-state index in [1.54, 1.807) is 11.3 Å². The highest BCUT2D eigenvalue weighted by Gasteiger charge is 2.19. The van der Waals surface area contributed by atoms with Crippen LogP contribution in [0, 0.1) is 5.92 Å². The molecular weight excluding hydrogens is 300 g/mol. The van der Waals surface area contributed by atoms with Gasteiger partial charge >= 0.3 is 0 Å². The van der Waals surface area contributed by atoms with Gasteiger partial charge < -0.3 is 10.6 Å². The van der Waals surface area contributed by atoms with Crippen LogP contribution in [-0.4, -0.2) is 36.3 Å². The minimum Gasteiger partial charge on any atom is -0.356 e. The highest BCUT2D eigenvalue weighted by Crippen LogP contribution is 2.23. The van der Waals surface area contributed by atoms with Gasteiger partial charge in [0.25, 0.3) is 0 Å². The van der Waals surface area contributed by atoms with Crippen LogP contribution in [0.3, 0.4) is 0 Å². The van der Waals surface area contributed by atoms with Crippen LogP contribution < -0.4 is 10.6 Å². The number of aliphatic imine (C=N–C) groups is 1. The number of aromatic nitrogens is 1. The molecular formula is C15H26N4S2. The molecule has 2 atom stereocenters. The van der Waals surface area contributed by atoms with E-state index in [9.17, 15) is 0 Å². The molecule has 0 radical (unpaired) electrons. The molecule has 2 unspecified atom stereocenters. The van der Waals surface area contributed by atoms with Crippen molar-refractivity contribution in [2.75, 3.05) is 19.3 Å². The highest BCUT2D eigenvalue weighted by molar-refractivity contribution is 8.00. The number of hydrogen-bond donors (Lipinski definition) is 2. The Morgan fingerprint density at radius 3 is 3.14 bits per heavy atom. The third-order valence-corrected chi connectivity index (χ3v) is 5.80. The monoisotopic (exact) mass is 326 g/mol. The molecule has 2 N–H and O–H groups in total. The summed E-state index contributed by atoms with van der Waals surface area (Å²) in [4.78, 5) is 8.61. The molecule has 0 aromatic carbocycles. The SMILES string of the molecule is CN=C(NCCCSc1nccs1)NC1CCCC(C)C1. The second kappa shape index (κ2) is 9.30. The van der Waals surface area contributed by atoms with Gasteiger partial charge in [-0.25, -0.2) is 4.98 Å². The van der Waals surface area contributed by atoms with Crippen LogP contribution in [0.1, 0.15) is 39.0 Å². The van der Waals surface area contributed by atoms with Crippen LogP contribution in [0.2, 0.25) is 0 Å². The summed E-state index contributed by atoms with van der Waals surface area (Å²) in [5, 5.41) is 9.01. The Kier molecular flexibility index (Phi) is 7.36. The van der Waals surface area contributed by atoms with E-state index in [1.165, 1.54) is 25.7 Å². The summed E-state index contributed by atoms with van der Waals surface area (Å²) >= 11 is 3.54. The van der Waals surface area contributed by atoms with Gasteiger partial charge in [-0.05, 0) is 25.2 Å². The molecule has 0 bridgehead atoms. The third-order valence-electron chi connectivity index (χ3n) is 3.75. The van der Waals surface area contributed by atoms with Crippen molar-refractivity contribution in [2.45, 2.75) is 49.4 Å². The van der Waals surface area contributed by atoms with Crippen molar-refractivity contribution in [1.29, 1.82) is 0 Å². The maximum atomic E-state index is 4.33. The van der Waals surface area contributed by atoms with E-state index in [2.05, 4.69) is 27.5 Å². The number of hydrogen-bond acceptors (Lipinski definition) is 4. The second-order valence-corrected chi connectivity index (χ2v) is 7.85. The van der Waals surface area contributed by atoms with Gasteiger partial charge in [-0.3, -0.25) is 4.99 Å². The van der Waals surface area contributed by atoms with E-state index in [0.29, 0.717) is 6.04 Å². The van der Waals surface area contributed by atoms with Crippen molar-refractivity contribution in [2.24, 2.45) is 10.9 Å². The van der Waals surface area contributed by atoms with Gasteiger partial charge in [0, 0.05) is 37.0 Å². The van der Waals surface area contributed by atoms with Crippen LogP contribution in [0.4, 0.5) is 0 Å². The van der Waals surface area contributed by atoms with E-state index in [1.807, 2.05) is 30.4 Å². The zero-order chi connectivity index (χ0) is 14.9. The van der Waals surface area contributed by atoms with Gasteiger partial charge in [-0.15, -0.1) is 11.3 Å². The first-order valence-corrected chi connectivity index (χ1v) is 9.64. The number of thiazole rings is 1. The molecule has 21 heavy (non-hydrogen) atoms. The topological polar surface area (TPSA) is 49.3 Å². The largest absolute Gasteiger partial charge is 0.356 e. The highest BCUT2D eigenvalue weighted by atomic mass is 32.2. The van der Waals surface area contributed by atoms with Crippen LogP contribution in [-0.2, 0) is 0 Å². The number of thioether (sulfide) groups is 1. The molecule has 0 saturated heterocycles. The first-order chi connectivity index (χ1) is 10.3. The van der Waals surface area contributed by atoms with Crippen molar-refractivity contribution in [1.82, 2.24) is 15.6 Å². The van der Waals surface area contributed by atoms with Crippen LogP contribution in [0.25, 0.3) is 0 Å². The molecule has 1 fully saturated rings. The van der Waals surface area contributed by atoms with Gasteiger partial charge in [0.2, 0.25) is 0 Å². The Bertz CT molecular complexity index is 419. The maximum Gasteiger partial charge on any atom is 0.191 e. The minimum absolute atomic E-state index is 0.588. The molecule has 118 valence electrons. The van der Waals surface area contributed by atoms with Crippen molar-refractivity contribution in [3.63, 3.8) is 0 Å². The summed E-state index contributed by atoms with van der Waals surface area (Å²) in [6, 6.07) is 0.588. The predicted octanol–water partition coefficient (Wildman–Crippen LogP) is 3.37. The summed E-state index contributed by atoms with van der Waals surface area (Å²) in [5.41, 5.74) is 0. The molecule has 1 aliphatic carbocycles. The summed E-state index contributed by atoms with van der Waals surface area (Å²) in [6.45, 7) is 3.31. The molecule has 6 heteroatoms. The molecule has 1 aromatic rings. The summed E-state index contributed by atoms with van der Waals surface area (Å²) < 4.78 is 1.16. The summed E-state index contributed by atoms with van der Waals surface area (Å²) in [5.74, 6) is 2.88. The van der Waals surface area contributed by atoms with Gasteiger partial charge in [-0.1, -0.05) is 31.5 Å². The predicted molar refractivity (Wildman–Crippen MR) is 93.4 cm³/mol. The Balaban J connectivity index is 1.59. The zero-order valence-corrected chi connectivity index (χ0v) is 14.6. The fourth-order valence-corrected chi connectivity index (χ4v) is 4.32. The molecule has 0 spiro atoms. The first kappa shape index (κ1) is 16.6. The molecule has 1 heterocycles. The first-order valence-electron chi connectivity index (χ1n) is 7.77. The summed E-state index contributed by atoms with van der Waals surface area (Å²) in [6.07, 6.45) is 8.22. The number of nitrogens with one attached hydrogen (secondary N) is 2. The lowest BCUT2D eigenvalue weighted by Gasteiger charge is -2.28. The fraction of sp³-hybridized carbons (Fsp3) is 0.733. The fourth-order valence-electron chi connectivity index (χ4n) is 2.67. The standard InChI is InChI=1S/C15H26N4S2/c1-12-5-3-6-13(11-12)19-14(16-2)17-7-4-9-20-15-18-8-10-21-15/h8,10,12-13H,3-7,9,11H2,1-2H3,(H2,16,17,19). The lowest BCUT2D eigenvalue weighted by atomic mass is 9.87. The summed E-state index contributed by atoms with van der Waals surface area (Å²) in [7, 11) is 1.85. The molecule has 4 nitrogen and oxygen atoms in total. The van der Waals surface area contributed by atoms with E-state index < -0.39 is 0 Å². The minimum atomic E-state index is 0.588. The van der Waals surface area contributed by atoms with Gasteiger partial charge in [-0.2, -0.15) is 0 Å². The van der Waals surface area contributed by atoms with Crippen LogP contribution >= 0.6 is 23.1 Å². The van der Waals surface area contributed by atoms with Crippen molar-refractivity contribution >= 4 is 29.1 Å². The molecule has 1 aromatic heterocycles. The lowest BCUT2D eigenvalue weighted by molar-refractivity contribution is 0.324. The van der Waals surface area contributed by atoms with Crippen molar-refractivity contribution < 1.29 is 0 Å². The van der Waals surface area contributed by atoms with E-state index in [0.717, 1.165) is 34.9 Å². The molecule has 2 rings (SSSR count). The number of guanidine groups is 1. The second-order valence-electron chi connectivity index (χ2n) is 5.61. The lowest BCUT2D eigenvalue weighted by Crippen LogP contribution is -2.45. The Morgan fingerprint density at radius 2 is 2.43 bits per heavy atom. The molecule has 1 aliphatic rings. The van der Waals surface area contributed by atoms with Gasteiger partial charge in [0.05, 0.1) is 0 Å². The molecule has 0 aliphatic heterocycles. The van der Waals surface area contributed by atoms with E-state index >= 15 is 0 Å². The van der Waals surface area contributed by atoms with Crippen molar-refractivity contribution in [3.05, 3.63) is 11.6 Å². The number of nitrogens with zero attached hydrogens (tertiary/aromatic N) is 2. The van der Waals surface area contributed by atoms with E-state index in [4.69, 9.17) is 0 Å². The molecule has 1 saturated carbocycles. The average molecular weight is 327 g/mol. The van der Waals surface area contributed by atoms with Crippen LogP contribution in [0.5, 0.6) is 0 Å². The van der Waals surface area contributed by atoms with E-state index in [-0.39, 0.29) is 0 Å². The van der Waals surface area contributed by atoms with Crippen LogP contribution in [0.15, 0.2) is 20.9 Å². The zero-order valence-electron chi connectivity index (χ0n) is 13.0. The quantitative estimate of drug-likeness (QED) is 0.364.